The van der Waals surface area contributed by atoms with Crippen LogP contribution in [0.15, 0.2) is 54.6 Å². The van der Waals surface area contributed by atoms with Gasteiger partial charge in [-0.1, -0.05) is 54.6 Å². The molecule has 42 heavy (non-hydrogen) atoms. The molecule has 8 nitrogen and oxygen atoms in total. The molecular weight excluding hydrogens is 532 g/mol. The fraction of sp³-hybridized carbons (Fsp3) is 0.588. The average Bonchev–Trinajstić information content (AvgIpc) is 3.91. The van der Waals surface area contributed by atoms with E-state index in [9.17, 15) is 9.59 Å². The van der Waals surface area contributed by atoms with Gasteiger partial charge in [0.2, 0.25) is 0 Å². The third-order valence-electron chi connectivity index (χ3n) is 11.8. The molecule has 7 aliphatic rings. The van der Waals surface area contributed by atoms with E-state index in [0.717, 1.165) is 42.4 Å². The maximum Gasteiger partial charge on any atom is 0.321 e. The van der Waals surface area contributed by atoms with Crippen molar-refractivity contribution in [2.75, 3.05) is 14.1 Å². The normalized spacial score (nSPS) is 44.5. The summed E-state index contributed by atoms with van der Waals surface area (Å²) < 4.78 is 24.4. The molecule has 0 aromatic heterocycles. The highest BCUT2D eigenvalue weighted by Crippen LogP contribution is 2.52. The molecule has 6 fully saturated rings. The first-order valence-corrected chi connectivity index (χ1v) is 15.8. The van der Waals surface area contributed by atoms with Gasteiger partial charge in [-0.15, -0.1) is 0 Å². The van der Waals surface area contributed by atoms with Gasteiger partial charge in [0, 0.05) is 49.9 Å². The van der Waals surface area contributed by atoms with E-state index in [1.807, 2.05) is 54.6 Å². The number of ether oxygens (including phenoxy) is 4. The van der Waals surface area contributed by atoms with Crippen LogP contribution in [-0.4, -0.2) is 96.6 Å². The second kappa shape index (κ2) is 9.11. The molecule has 4 bridgehead atoms. The summed E-state index contributed by atoms with van der Waals surface area (Å²) in [4.78, 5) is 33.1. The van der Waals surface area contributed by atoms with Gasteiger partial charge in [0.15, 0.2) is 0 Å². The highest BCUT2D eigenvalue weighted by atomic mass is 16.6. The Morgan fingerprint density at radius 2 is 1.26 bits per heavy atom. The number of piperidine rings is 2. The van der Waals surface area contributed by atoms with Crippen molar-refractivity contribution in [1.29, 1.82) is 0 Å². The number of hydrogen-bond acceptors (Lipinski definition) is 8. The Balaban J connectivity index is 1.00. The minimum absolute atomic E-state index is 0.0898. The highest BCUT2D eigenvalue weighted by Gasteiger charge is 2.64. The van der Waals surface area contributed by atoms with Gasteiger partial charge >= 0.3 is 11.9 Å². The van der Waals surface area contributed by atoms with Crippen molar-refractivity contribution in [3.63, 3.8) is 0 Å². The minimum Gasteiger partial charge on any atom is -0.462 e. The zero-order chi connectivity index (χ0) is 28.3. The zero-order valence-electron chi connectivity index (χ0n) is 24.1. The van der Waals surface area contributed by atoms with Crippen molar-refractivity contribution in [2.24, 2.45) is 0 Å². The maximum absolute atomic E-state index is 14.5. The molecule has 220 valence electrons. The van der Waals surface area contributed by atoms with Crippen LogP contribution >= 0.6 is 0 Å². The van der Waals surface area contributed by atoms with Crippen LogP contribution in [0.2, 0.25) is 0 Å². The second-order valence-electron chi connectivity index (χ2n) is 13.7. The van der Waals surface area contributed by atoms with Crippen LogP contribution in [-0.2, 0) is 34.0 Å². The third-order valence-corrected chi connectivity index (χ3v) is 11.8. The Hall–Kier alpha value is -2.78. The van der Waals surface area contributed by atoms with Crippen LogP contribution in [0.25, 0.3) is 0 Å². The topological polar surface area (TPSA) is 84.1 Å². The third kappa shape index (κ3) is 3.62. The molecule has 0 amide bonds. The van der Waals surface area contributed by atoms with Crippen LogP contribution in [0, 0.1) is 0 Å². The number of morpholine rings is 2. The van der Waals surface area contributed by atoms with Gasteiger partial charge in [0.05, 0.1) is 5.92 Å². The van der Waals surface area contributed by atoms with E-state index in [1.54, 1.807) is 0 Å². The highest BCUT2D eigenvalue weighted by molar-refractivity contribution is 5.91. The summed E-state index contributed by atoms with van der Waals surface area (Å²) in [6.45, 7) is 0. The van der Waals surface area contributed by atoms with Crippen LogP contribution in [0.1, 0.15) is 61.1 Å². The van der Waals surface area contributed by atoms with E-state index < -0.39 is 11.3 Å². The number of likely N-dealkylation sites (N-methyl/N-ethyl adjacent to an activating group) is 2. The summed E-state index contributed by atoms with van der Waals surface area (Å²) >= 11 is 0. The lowest BCUT2D eigenvalue weighted by molar-refractivity contribution is -0.162. The first kappa shape index (κ1) is 25.7. The van der Waals surface area contributed by atoms with Crippen molar-refractivity contribution in [2.45, 2.75) is 111 Å². The molecule has 0 N–H and O–H groups in total. The second-order valence-corrected chi connectivity index (χ2v) is 13.7. The first-order valence-electron chi connectivity index (χ1n) is 15.8. The maximum atomic E-state index is 14.5. The summed E-state index contributed by atoms with van der Waals surface area (Å²) in [5.41, 5.74) is 1.70. The van der Waals surface area contributed by atoms with Crippen LogP contribution < -0.4 is 0 Å². The predicted molar refractivity (Wildman–Crippen MR) is 152 cm³/mol. The van der Waals surface area contributed by atoms with E-state index in [2.05, 4.69) is 23.9 Å². The quantitative estimate of drug-likeness (QED) is 0.401. The zero-order valence-corrected chi connectivity index (χ0v) is 24.1. The molecule has 8 heteroatoms. The monoisotopic (exact) mass is 570 g/mol. The van der Waals surface area contributed by atoms with Crippen molar-refractivity contribution < 1.29 is 28.5 Å². The average molecular weight is 571 g/mol. The predicted octanol–water partition coefficient (Wildman–Crippen LogP) is 3.16. The molecule has 1 aliphatic carbocycles. The molecule has 10 atom stereocenters. The van der Waals surface area contributed by atoms with Gasteiger partial charge in [0.25, 0.3) is 0 Å². The van der Waals surface area contributed by atoms with E-state index in [-0.39, 0.29) is 36.4 Å². The van der Waals surface area contributed by atoms with Crippen LogP contribution in [0.3, 0.4) is 0 Å². The fourth-order valence-electron chi connectivity index (χ4n) is 9.53. The smallest absolute Gasteiger partial charge is 0.321 e. The Kier molecular flexibility index (Phi) is 5.58. The van der Waals surface area contributed by atoms with Gasteiger partial charge < -0.3 is 18.9 Å². The fourth-order valence-corrected chi connectivity index (χ4v) is 9.53. The molecule has 6 aliphatic heterocycles. The number of carbonyl (C=O) groups is 2. The van der Waals surface area contributed by atoms with E-state index in [0.29, 0.717) is 49.2 Å². The minimum atomic E-state index is -0.971. The number of carbonyl (C=O) groups excluding carboxylic acids is 2. The Labute approximate surface area is 246 Å². The van der Waals surface area contributed by atoms with E-state index in [1.165, 1.54) is 0 Å². The molecule has 0 radical (unpaired) electrons. The summed E-state index contributed by atoms with van der Waals surface area (Å²) in [7, 11) is 4.33. The van der Waals surface area contributed by atoms with Gasteiger partial charge in [-0.25, -0.2) is 0 Å². The summed E-state index contributed by atoms with van der Waals surface area (Å²) in [5, 5.41) is 0. The van der Waals surface area contributed by atoms with Gasteiger partial charge in [-0.05, 0) is 43.6 Å². The number of epoxide rings is 2. The van der Waals surface area contributed by atoms with Gasteiger partial charge in [0.1, 0.15) is 42.0 Å². The first-order chi connectivity index (χ1) is 20.4. The number of nitrogens with zero attached hydrogens (tertiary/aromatic N) is 2. The molecule has 9 unspecified atom stereocenters. The summed E-state index contributed by atoms with van der Waals surface area (Å²) in [5.74, 6) is -0.785. The van der Waals surface area contributed by atoms with Crippen molar-refractivity contribution in [3.05, 3.63) is 71.3 Å². The van der Waals surface area contributed by atoms with E-state index >= 15 is 0 Å². The molecule has 0 spiro atoms. The number of esters is 2. The summed E-state index contributed by atoms with van der Waals surface area (Å²) in [6, 6.07) is 19.2. The number of benzene rings is 2. The molecule has 9 rings (SSSR count). The molecule has 6 heterocycles. The van der Waals surface area contributed by atoms with Crippen LogP contribution in [0.4, 0.5) is 0 Å². The number of rotatable bonds is 5. The molecule has 2 aromatic carbocycles. The van der Waals surface area contributed by atoms with E-state index in [4.69, 9.17) is 18.9 Å². The number of hydrogen-bond donors (Lipinski definition) is 0. The lowest BCUT2D eigenvalue weighted by atomic mass is 9.63. The molecule has 0 saturated carbocycles. The van der Waals surface area contributed by atoms with Gasteiger partial charge in [-0.2, -0.15) is 0 Å². The molecule has 2 aromatic rings. The summed E-state index contributed by atoms with van der Waals surface area (Å²) in [6.07, 6.45) is 5.21. The lowest BCUT2D eigenvalue weighted by Crippen LogP contribution is -2.50. The van der Waals surface area contributed by atoms with Crippen molar-refractivity contribution in [1.82, 2.24) is 9.80 Å². The Bertz CT molecular complexity index is 1400. The molecule has 6 saturated heterocycles. The SMILES string of the molecule is CN1C2CC(OC(=O)[C@@H]3CCC(C(=O)OC4CC5C6OC6C(C4)N5C)(c4ccccc4)c4ccccc43)CC1C1OC12. The Morgan fingerprint density at radius 1 is 0.738 bits per heavy atom. The van der Waals surface area contributed by atoms with Crippen molar-refractivity contribution in [3.8, 4) is 0 Å². The lowest BCUT2D eigenvalue weighted by Gasteiger charge is -2.43. The number of fused-ring (bicyclic) bond motifs is 11. The largest absolute Gasteiger partial charge is 0.462 e. The van der Waals surface area contributed by atoms with Crippen molar-refractivity contribution >= 4 is 11.9 Å². The standard InChI is InChI=1S/C34H38N2O6/c1-35-24-14-19(15-25(35)29-28(24)41-29)39-32(37)22-12-13-34(18-8-4-3-5-9-18,23-11-7-6-10-21(22)23)33(38)40-20-16-26-30-31(42-30)27(17-20)36(26)2/h3-11,19-20,22,24-31H,12-17H2,1-2H3/t19?,20?,22-,24?,25?,26?,27?,28?,29?,30?,31?,34?/m1/s1. The van der Waals surface area contributed by atoms with Crippen LogP contribution in [0.5, 0.6) is 0 Å². The van der Waals surface area contributed by atoms with Gasteiger partial charge in [-0.3, -0.25) is 19.4 Å². The Morgan fingerprint density at radius 3 is 1.86 bits per heavy atom. The molecular formula is C34H38N2O6.